The Balaban J connectivity index is 0.00000210. The molecule has 2 aromatic rings. The topological polar surface area (TPSA) is 29.1 Å². The van der Waals surface area contributed by atoms with Crippen molar-refractivity contribution in [2.24, 2.45) is 5.92 Å². The molecular weight excluding hydrogens is 460 g/mol. The van der Waals surface area contributed by atoms with Crippen molar-refractivity contribution in [3.8, 4) is 0 Å². The number of allylic oxidation sites excluding steroid dienone is 1. The number of hydrogen-bond acceptors (Lipinski definition) is 2. The number of carbonyl (C=O) groups is 1. The van der Waals surface area contributed by atoms with Gasteiger partial charge in [0.2, 0.25) is 5.91 Å². The summed E-state index contributed by atoms with van der Waals surface area (Å²) in [6.07, 6.45) is 9.38. The van der Waals surface area contributed by atoms with Gasteiger partial charge in [-0.25, -0.2) is 8.78 Å². The lowest BCUT2D eigenvalue weighted by Gasteiger charge is -2.25. The summed E-state index contributed by atoms with van der Waals surface area (Å²) in [5, 5.41) is 2.99. The van der Waals surface area contributed by atoms with Gasteiger partial charge in [0.15, 0.2) is 0 Å². The van der Waals surface area contributed by atoms with Crippen LogP contribution >= 0.6 is 12.6 Å². The average molecular weight is 502 g/mol. The molecule has 1 saturated carbocycles. The Morgan fingerprint density at radius 3 is 2.46 bits per heavy atom. The first-order chi connectivity index (χ1) is 16.8. The van der Waals surface area contributed by atoms with Crippen molar-refractivity contribution in [3.63, 3.8) is 0 Å². The quantitative estimate of drug-likeness (QED) is 0.235. The van der Waals surface area contributed by atoms with Gasteiger partial charge in [0.05, 0.1) is 0 Å². The number of thiol groups is 1. The summed E-state index contributed by atoms with van der Waals surface area (Å²) in [5.41, 5.74) is 4.82. The molecular formula is C30H41F2NOS. The average Bonchev–Trinajstić information content (AvgIpc) is 2.80. The van der Waals surface area contributed by atoms with Gasteiger partial charge in [-0.3, -0.25) is 4.79 Å². The fraction of sp³-hybridized carbons (Fsp3) is 0.500. The van der Waals surface area contributed by atoms with E-state index >= 15 is 0 Å². The van der Waals surface area contributed by atoms with Gasteiger partial charge in [0.25, 0.3) is 5.92 Å². The van der Waals surface area contributed by atoms with Crippen LogP contribution in [0.5, 0.6) is 0 Å². The number of halogens is 2. The van der Waals surface area contributed by atoms with E-state index in [2.05, 4.69) is 30.1 Å². The molecule has 0 atom stereocenters. The fourth-order valence-corrected chi connectivity index (χ4v) is 4.63. The Kier molecular flexibility index (Phi) is 12.0. The maximum atomic E-state index is 13.8. The SMILES string of the molecule is CC.Cc1cc(C(C)(F)F)ccc1/C(=C/C(=O)NCc1cccc(CCS)c1)CCCC1CCC1. The lowest BCUT2D eigenvalue weighted by molar-refractivity contribution is -0.116. The highest BCUT2D eigenvalue weighted by molar-refractivity contribution is 7.80. The molecule has 0 bridgehead atoms. The highest BCUT2D eigenvalue weighted by Crippen LogP contribution is 2.34. The van der Waals surface area contributed by atoms with Gasteiger partial charge >= 0.3 is 0 Å². The molecule has 0 saturated heterocycles. The van der Waals surface area contributed by atoms with Gasteiger partial charge in [-0.15, -0.1) is 0 Å². The maximum Gasteiger partial charge on any atom is 0.270 e. The molecule has 0 spiro atoms. The fourth-order valence-electron chi connectivity index (χ4n) is 4.37. The first-order valence-corrected chi connectivity index (χ1v) is 13.6. The van der Waals surface area contributed by atoms with Crippen molar-refractivity contribution in [3.05, 3.63) is 76.4 Å². The summed E-state index contributed by atoms with van der Waals surface area (Å²) in [7, 11) is 0. The van der Waals surface area contributed by atoms with E-state index in [-0.39, 0.29) is 11.5 Å². The normalized spacial score (nSPS) is 14.1. The molecule has 3 rings (SSSR count). The summed E-state index contributed by atoms with van der Waals surface area (Å²) in [6, 6.07) is 12.9. The summed E-state index contributed by atoms with van der Waals surface area (Å²) >= 11 is 4.28. The van der Waals surface area contributed by atoms with Gasteiger partial charge in [-0.2, -0.15) is 12.6 Å². The number of carbonyl (C=O) groups excluding carboxylic acids is 1. The van der Waals surface area contributed by atoms with Crippen LogP contribution in [0.15, 0.2) is 48.5 Å². The molecule has 1 aliphatic rings. The molecule has 0 unspecified atom stereocenters. The van der Waals surface area contributed by atoms with Gasteiger partial charge in [0.1, 0.15) is 0 Å². The predicted molar refractivity (Wildman–Crippen MR) is 147 cm³/mol. The van der Waals surface area contributed by atoms with Crippen LogP contribution in [0, 0.1) is 12.8 Å². The molecule has 192 valence electrons. The summed E-state index contributed by atoms with van der Waals surface area (Å²) < 4.78 is 27.5. The van der Waals surface area contributed by atoms with E-state index in [0.29, 0.717) is 6.54 Å². The van der Waals surface area contributed by atoms with Crippen LogP contribution in [0.3, 0.4) is 0 Å². The van der Waals surface area contributed by atoms with Crippen molar-refractivity contribution < 1.29 is 13.6 Å². The van der Waals surface area contributed by atoms with E-state index in [0.717, 1.165) is 66.5 Å². The highest BCUT2D eigenvalue weighted by atomic mass is 32.1. The number of benzene rings is 2. The summed E-state index contributed by atoms with van der Waals surface area (Å²) in [6.45, 7) is 7.20. The monoisotopic (exact) mass is 501 g/mol. The Morgan fingerprint density at radius 2 is 1.86 bits per heavy atom. The molecule has 35 heavy (non-hydrogen) atoms. The Morgan fingerprint density at radius 1 is 1.14 bits per heavy atom. The summed E-state index contributed by atoms with van der Waals surface area (Å²) in [4.78, 5) is 12.8. The number of amides is 1. The standard InChI is InChI=1S/C28H35F2NOS.C2H6/c1-20-16-25(28(2,29)30)12-13-26(20)24(11-5-8-21-6-3-7-21)18-27(32)31-19-23-10-4-9-22(17-23)14-15-33;1-2/h4,9-10,12-13,16-18,21,33H,3,5-8,11,14-15,19H2,1-2H3,(H,31,32);1-2H3/b24-18+;. The summed E-state index contributed by atoms with van der Waals surface area (Å²) in [5.74, 6) is -1.45. The second kappa shape index (κ2) is 14.4. The number of alkyl halides is 2. The van der Waals surface area contributed by atoms with Crippen molar-refractivity contribution in [2.75, 3.05) is 5.75 Å². The zero-order valence-corrected chi connectivity index (χ0v) is 22.6. The Labute approximate surface area is 216 Å². The van der Waals surface area contributed by atoms with E-state index in [4.69, 9.17) is 0 Å². The van der Waals surface area contributed by atoms with Gasteiger partial charge < -0.3 is 5.32 Å². The maximum absolute atomic E-state index is 13.8. The minimum absolute atomic E-state index is 0.00288. The molecule has 0 aliphatic heterocycles. The van der Waals surface area contributed by atoms with Crippen molar-refractivity contribution in [1.29, 1.82) is 0 Å². The van der Waals surface area contributed by atoms with Crippen LogP contribution in [0.2, 0.25) is 0 Å². The van der Waals surface area contributed by atoms with Crippen molar-refractivity contribution in [2.45, 2.75) is 85.1 Å². The minimum Gasteiger partial charge on any atom is -0.348 e. The third-order valence-electron chi connectivity index (χ3n) is 6.53. The lowest BCUT2D eigenvalue weighted by Crippen LogP contribution is -2.21. The van der Waals surface area contributed by atoms with E-state index in [1.54, 1.807) is 18.2 Å². The first kappa shape index (κ1) is 29.1. The van der Waals surface area contributed by atoms with Gasteiger partial charge in [0, 0.05) is 25.1 Å². The Bertz CT molecular complexity index is 977. The van der Waals surface area contributed by atoms with E-state index < -0.39 is 5.92 Å². The lowest BCUT2D eigenvalue weighted by atomic mass is 9.81. The van der Waals surface area contributed by atoms with Crippen LogP contribution in [0.1, 0.15) is 87.1 Å². The highest BCUT2D eigenvalue weighted by Gasteiger charge is 2.25. The molecule has 1 amide bonds. The van der Waals surface area contributed by atoms with Crippen molar-refractivity contribution in [1.82, 2.24) is 5.32 Å². The zero-order valence-electron chi connectivity index (χ0n) is 21.7. The number of hydrogen-bond donors (Lipinski definition) is 2. The predicted octanol–water partition coefficient (Wildman–Crippen LogP) is 8.28. The molecule has 2 nitrogen and oxygen atoms in total. The Hall–Kier alpha value is -2.14. The third-order valence-corrected chi connectivity index (χ3v) is 6.75. The molecule has 5 heteroatoms. The molecule has 0 heterocycles. The van der Waals surface area contributed by atoms with Crippen LogP contribution in [-0.2, 0) is 23.7 Å². The molecule has 1 fully saturated rings. The molecule has 0 radical (unpaired) electrons. The van der Waals surface area contributed by atoms with E-state index in [1.807, 2.05) is 32.9 Å². The third kappa shape index (κ3) is 9.44. The van der Waals surface area contributed by atoms with Crippen LogP contribution in [0.4, 0.5) is 8.78 Å². The molecule has 2 aromatic carbocycles. The van der Waals surface area contributed by atoms with Crippen LogP contribution in [0.25, 0.3) is 5.57 Å². The molecule has 1 aliphatic carbocycles. The van der Waals surface area contributed by atoms with E-state index in [9.17, 15) is 13.6 Å². The zero-order chi connectivity index (χ0) is 25.8. The van der Waals surface area contributed by atoms with Crippen LogP contribution in [-0.4, -0.2) is 11.7 Å². The number of aryl methyl sites for hydroxylation is 2. The molecule has 0 aromatic heterocycles. The largest absolute Gasteiger partial charge is 0.348 e. The minimum atomic E-state index is -2.88. The van der Waals surface area contributed by atoms with E-state index in [1.165, 1.54) is 30.9 Å². The van der Waals surface area contributed by atoms with Crippen LogP contribution < -0.4 is 5.32 Å². The second-order valence-corrected chi connectivity index (χ2v) is 9.74. The smallest absolute Gasteiger partial charge is 0.270 e. The first-order valence-electron chi connectivity index (χ1n) is 12.9. The van der Waals surface area contributed by atoms with Crippen molar-refractivity contribution >= 4 is 24.1 Å². The number of nitrogens with one attached hydrogen (secondary N) is 1. The number of rotatable bonds is 11. The second-order valence-electron chi connectivity index (χ2n) is 9.29. The molecule has 1 N–H and O–H groups in total. The van der Waals surface area contributed by atoms with Gasteiger partial charge in [-0.05, 0) is 71.8 Å². The van der Waals surface area contributed by atoms with Gasteiger partial charge in [-0.1, -0.05) is 75.9 Å².